The maximum absolute atomic E-state index is 12.7. The Bertz CT molecular complexity index is 1500. The van der Waals surface area contributed by atoms with E-state index in [0.717, 1.165) is 12.1 Å². The Hall–Kier alpha value is -4.84. The van der Waals surface area contributed by atoms with E-state index in [2.05, 4.69) is 4.98 Å². The monoisotopic (exact) mass is 574 g/mol. The van der Waals surface area contributed by atoms with E-state index in [1.807, 2.05) is 0 Å². The molecule has 0 bridgehead atoms. The lowest BCUT2D eigenvalue weighted by atomic mass is 10.1. The molecule has 206 valence electrons. The summed E-state index contributed by atoms with van der Waals surface area (Å²) in [6, 6.07) is 18.2. The van der Waals surface area contributed by atoms with Gasteiger partial charge in [-0.2, -0.15) is 13.2 Å². The van der Waals surface area contributed by atoms with E-state index in [0.29, 0.717) is 17.5 Å². The molecule has 0 spiro atoms. The quantitative estimate of drug-likeness (QED) is 0.154. The number of aliphatic carboxylic acids is 1. The van der Waals surface area contributed by atoms with Crippen LogP contribution < -0.4 is 14.2 Å². The molecule has 3 aromatic carbocycles. The number of aromatic nitrogens is 1. The molecular weight excluding hydrogens is 557 g/mol. The maximum Gasteiger partial charge on any atom is 0.417 e. The molecule has 0 aliphatic carbocycles. The Morgan fingerprint density at radius 3 is 2.08 bits per heavy atom. The van der Waals surface area contributed by atoms with Gasteiger partial charge in [0.2, 0.25) is 5.88 Å². The van der Waals surface area contributed by atoms with Gasteiger partial charge in [-0.3, -0.25) is 10.1 Å². The fourth-order valence-corrected chi connectivity index (χ4v) is 3.64. The summed E-state index contributed by atoms with van der Waals surface area (Å²) >= 11 is 5.90. The van der Waals surface area contributed by atoms with E-state index < -0.39 is 28.7 Å². The molecule has 0 fully saturated rings. The molecule has 4 aromatic rings. The average molecular weight is 575 g/mol. The summed E-state index contributed by atoms with van der Waals surface area (Å²) in [5.74, 6) is -0.0629. The van der Waals surface area contributed by atoms with Crippen molar-refractivity contribution in [3.63, 3.8) is 0 Å². The number of halogens is 4. The molecule has 1 heterocycles. The summed E-state index contributed by atoms with van der Waals surface area (Å²) in [5.41, 5.74) is -0.517. The van der Waals surface area contributed by atoms with Crippen LogP contribution in [0.4, 0.5) is 18.9 Å². The number of carbonyl (C=O) groups is 1. The normalized spacial score (nSPS) is 11.9. The van der Waals surface area contributed by atoms with Gasteiger partial charge in [-0.1, -0.05) is 23.7 Å². The molecule has 1 N–H and O–H groups in total. The second kappa shape index (κ2) is 11.9. The number of carboxylic acid groups (broad SMARTS) is 1. The van der Waals surface area contributed by atoms with Crippen LogP contribution in [0.3, 0.4) is 0 Å². The summed E-state index contributed by atoms with van der Waals surface area (Å²) < 4.78 is 54.7. The second-order valence-electron chi connectivity index (χ2n) is 8.22. The van der Waals surface area contributed by atoms with E-state index >= 15 is 0 Å². The van der Waals surface area contributed by atoms with Crippen LogP contribution in [-0.2, 0) is 17.4 Å². The van der Waals surface area contributed by atoms with Crippen molar-refractivity contribution in [1.29, 1.82) is 0 Å². The highest BCUT2D eigenvalue weighted by molar-refractivity contribution is 6.32. The number of pyridine rings is 1. The van der Waals surface area contributed by atoms with Gasteiger partial charge in [0.25, 0.3) is 5.69 Å². The van der Waals surface area contributed by atoms with Crippen LogP contribution in [0.1, 0.15) is 11.1 Å². The van der Waals surface area contributed by atoms with E-state index in [1.54, 1.807) is 24.3 Å². The molecule has 0 amide bonds. The van der Waals surface area contributed by atoms with Crippen LogP contribution in [0.5, 0.6) is 28.9 Å². The first-order valence-corrected chi connectivity index (χ1v) is 11.8. The predicted octanol–water partition coefficient (Wildman–Crippen LogP) is 7.32. The number of carboxylic acids is 1. The van der Waals surface area contributed by atoms with E-state index in [1.165, 1.54) is 42.5 Å². The first kappa shape index (κ1) is 28.2. The van der Waals surface area contributed by atoms with Crippen LogP contribution in [0.15, 0.2) is 85.1 Å². The van der Waals surface area contributed by atoms with E-state index in [4.69, 9.17) is 25.8 Å². The van der Waals surface area contributed by atoms with Crippen LogP contribution in [-0.4, -0.2) is 27.1 Å². The van der Waals surface area contributed by atoms with Crippen molar-refractivity contribution in [1.82, 2.24) is 4.98 Å². The van der Waals surface area contributed by atoms with Gasteiger partial charge in [-0.15, -0.1) is 0 Å². The van der Waals surface area contributed by atoms with E-state index in [9.17, 15) is 33.2 Å². The van der Waals surface area contributed by atoms with Gasteiger partial charge < -0.3 is 19.3 Å². The Morgan fingerprint density at radius 2 is 1.52 bits per heavy atom. The minimum Gasteiger partial charge on any atom is -0.478 e. The fraction of sp³-hybridized carbons (Fsp3) is 0.111. The maximum atomic E-state index is 12.7. The number of alkyl halides is 3. The zero-order valence-corrected chi connectivity index (χ0v) is 20.9. The van der Waals surface area contributed by atoms with Crippen molar-refractivity contribution >= 4 is 23.3 Å². The molecule has 1 atom stereocenters. The van der Waals surface area contributed by atoms with Crippen LogP contribution >= 0.6 is 11.6 Å². The highest BCUT2D eigenvalue weighted by atomic mass is 35.5. The lowest BCUT2D eigenvalue weighted by molar-refractivity contribution is -0.384. The minimum absolute atomic E-state index is 0.0205. The van der Waals surface area contributed by atoms with Crippen molar-refractivity contribution in [2.45, 2.75) is 18.7 Å². The molecular formula is C27H18ClF3N2O7. The van der Waals surface area contributed by atoms with Crippen LogP contribution in [0.25, 0.3) is 0 Å². The summed E-state index contributed by atoms with van der Waals surface area (Å²) in [6.07, 6.45) is -5.06. The van der Waals surface area contributed by atoms with Gasteiger partial charge in [0.05, 0.1) is 10.5 Å². The van der Waals surface area contributed by atoms with Gasteiger partial charge in [0.15, 0.2) is 6.10 Å². The zero-order chi connectivity index (χ0) is 28.9. The molecule has 0 saturated carbocycles. The summed E-state index contributed by atoms with van der Waals surface area (Å²) in [7, 11) is 0. The third kappa shape index (κ3) is 7.38. The van der Waals surface area contributed by atoms with Gasteiger partial charge in [-0.05, 0) is 54.1 Å². The van der Waals surface area contributed by atoms with Gasteiger partial charge in [-0.25, -0.2) is 9.78 Å². The molecule has 1 unspecified atom stereocenters. The molecule has 0 aliphatic rings. The van der Waals surface area contributed by atoms with Crippen molar-refractivity contribution in [2.24, 2.45) is 0 Å². The molecule has 0 saturated heterocycles. The number of hydrogen-bond acceptors (Lipinski definition) is 7. The lowest BCUT2D eigenvalue weighted by Crippen LogP contribution is -2.29. The molecule has 40 heavy (non-hydrogen) atoms. The molecule has 0 aliphatic heterocycles. The third-order valence-electron chi connectivity index (χ3n) is 5.36. The topological polar surface area (TPSA) is 121 Å². The number of nitro groups is 1. The highest BCUT2D eigenvalue weighted by Gasteiger charge is 2.30. The molecule has 1 aromatic heterocycles. The molecule has 4 rings (SSSR count). The van der Waals surface area contributed by atoms with E-state index in [-0.39, 0.29) is 40.3 Å². The smallest absolute Gasteiger partial charge is 0.417 e. The summed E-state index contributed by atoms with van der Waals surface area (Å²) in [6.45, 7) is 0. The van der Waals surface area contributed by atoms with Crippen molar-refractivity contribution in [3.05, 3.63) is 111 Å². The SMILES string of the molecule is O=C(O)C(Cc1ccc(Oc2ccc([N+](=O)[O-])c(Cl)c2)cc1)Oc1ccc(Oc2ccc(C(F)(F)F)cn2)cc1. The second-order valence-corrected chi connectivity index (χ2v) is 8.63. The molecule has 9 nitrogen and oxygen atoms in total. The highest BCUT2D eigenvalue weighted by Crippen LogP contribution is 2.32. The number of ether oxygens (including phenoxy) is 3. The third-order valence-corrected chi connectivity index (χ3v) is 5.66. The number of rotatable bonds is 10. The number of nitro benzene ring substituents is 1. The van der Waals surface area contributed by atoms with Crippen molar-refractivity contribution in [2.75, 3.05) is 0 Å². The van der Waals surface area contributed by atoms with Gasteiger partial charge >= 0.3 is 12.1 Å². The Kier molecular flexibility index (Phi) is 8.39. The van der Waals surface area contributed by atoms with Crippen LogP contribution in [0.2, 0.25) is 5.02 Å². The average Bonchev–Trinajstić information content (AvgIpc) is 2.90. The van der Waals surface area contributed by atoms with Crippen molar-refractivity contribution < 1.29 is 42.2 Å². The van der Waals surface area contributed by atoms with Gasteiger partial charge in [0, 0.05) is 30.8 Å². The molecule has 13 heteroatoms. The largest absolute Gasteiger partial charge is 0.478 e. The lowest BCUT2D eigenvalue weighted by Gasteiger charge is -2.16. The first-order chi connectivity index (χ1) is 19.0. The summed E-state index contributed by atoms with van der Waals surface area (Å²) in [5, 5.41) is 20.5. The number of hydrogen-bond donors (Lipinski definition) is 1. The zero-order valence-electron chi connectivity index (χ0n) is 20.2. The predicted molar refractivity (Wildman–Crippen MR) is 136 cm³/mol. The van der Waals surface area contributed by atoms with Crippen molar-refractivity contribution in [3.8, 4) is 28.9 Å². The Balaban J connectivity index is 1.35. The summed E-state index contributed by atoms with van der Waals surface area (Å²) in [4.78, 5) is 25.7. The first-order valence-electron chi connectivity index (χ1n) is 11.4. The number of benzene rings is 3. The fourth-order valence-electron chi connectivity index (χ4n) is 3.40. The van der Waals surface area contributed by atoms with Gasteiger partial charge in [0.1, 0.15) is 28.0 Å². The minimum atomic E-state index is -4.51. The van der Waals surface area contributed by atoms with Crippen LogP contribution in [0, 0.1) is 10.1 Å². The number of nitrogens with zero attached hydrogens (tertiary/aromatic N) is 2. The Morgan fingerprint density at radius 1 is 0.925 bits per heavy atom. The standard InChI is InChI=1S/C27H18ClF3N2O7/c28-22-14-21(10-11-23(22)33(36)37)38-18-4-1-16(2-5-18)13-24(26(34)35)39-19-6-8-20(9-7-19)40-25-12-3-17(15-32-25)27(29,30)31/h1-12,14-15,24H,13H2,(H,34,35). The molecule has 0 radical (unpaired) electrons. The Labute approximate surface area is 229 Å².